The van der Waals surface area contributed by atoms with Crippen LogP contribution < -0.4 is 0 Å². The van der Waals surface area contributed by atoms with Crippen molar-refractivity contribution >= 4 is 17.0 Å². The zero-order valence-electron chi connectivity index (χ0n) is 18.6. The molecule has 3 aromatic rings. The molecule has 2 heterocycles. The third kappa shape index (κ3) is 4.67. The Hall–Kier alpha value is -3.19. The highest BCUT2D eigenvalue weighted by Gasteiger charge is 2.32. The van der Waals surface area contributed by atoms with Gasteiger partial charge in [-0.05, 0) is 44.5 Å². The molecule has 1 amide bonds. The molecule has 0 spiro atoms. The number of aromatic nitrogens is 1. The second-order valence-corrected chi connectivity index (χ2v) is 9.04. The molecule has 2 aromatic carbocycles. The molecular formula is C25H28FN3O3. The maximum Gasteiger partial charge on any atom is 0.410 e. The second kappa shape index (κ2) is 8.74. The van der Waals surface area contributed by atoms with Gasteiger partial charge in [0.1, 0.15) is 22.7 Å². The summed E-state index contributed by atoms with van der Waals surface area (Å²) in [5.74, 6) is -0.196. The van der Waals surface area contributed by atoms with E-state index >= 15 is 0 Å². The van der Waals surface area contributed by atoms with Gasteiger partial charge in [-0.25, -0.2) is 9.18 Å². The highest BCUT2D eigenvalue weighted by atomic mass is 19.1. The van der Waals surface area contributed by atoms with E-state index in [1.165, 1.54) is 12.1 Å². The Labute approximate surface area is 187 Å². The molecule has 1 unspecified atom stereocenters. The largest absolute Gasteiger partial charge is 0.505 e. The Kier molecular flexibility index (Phi) is 6.02. The molecule has 7 heteroatoms. The lowest BCUT2D eigenvalue weighted by atomic mass is 9.94. The molecule has 1 aromatic heterocycles. The van der Waals surface area contributed by atoms with Crippen LogP contribution in [0.1, 0.15) is 37.9 Å². The van der Waals surface area contributed by atoms with Gasteiger partial charge in [-0.3, -0.25) is 9.88 Å². The Morgan fingerprint density at radius 1 is 1.06 bits per heavy atom. The summed E-state index contributed by atoms with van der Waals surface area (Å²) in [4.78, 5) is 20.7. The minimum atomic E-state index is -0.547. The second-order valence-electron chi connectivity index (χ2n) is 9.04. The van der Waals surface area contributed by atoms with Gasteiger partial charge in [0, 0.05) is 43.3 Å². The molecule has 32 heavy (non-hydrogen) atoms. The summed E-state index contributed by atoms with van der Waals surface area (Å²) in [6.07, 6.45) is 1.33. The van der Waals surface area contributed by atoms with E-state index in [4.69, 9.17) is 4.74 Å². The van der Waals surface area contributed by atoms with Gasteiger partial charge in [-0.1, -0.05) is 30.3 Å². The van der Waals surface area contributed by atoms with Crippen LogP contribution >= 0.6 is 0 Å². The number of ether oxygens (including phenoxy) is 1. The third-order valence-electron chi connectivity index (χ3n) is 5.59. The maximum atomic E-state index is 13.6. The Balaban J connectivity index is 1.64. The van der Waals surface area contributed by atoms with Crippen molar-refractivity contribution in [3.63, 3.8) is 0 Å². The molecule has 1 aliphatic heterocycles. The van der Waals surface area contributed by atoms with Crippen LogP contribution in [0.3, 0.4) is 0 Å². The van der Waals surface area contributed by atoms with Crippen molar-refractivity contribution in [1.29, 1.82) is 0 Å². The van der Waals surface area contributed by atoms with Crippen molar-refractivity contribution in [3.05, 3.63) is 71.7 Å². The first kappa shape index (κ1) is 22.0. The standard InChI is InChI=1S/C25H28FN3O3/c1-25(2,3)32-24(31)29-15-13-28(14-16-29)22(18-6-9-19(26)10-7-18)20-11-8-17-5-4-12-27-21(17)23(20)30/h4-12,22,30H,13-16H2,1-3H3. The summed E-state index contributed by atoms with van der Waals surface area (Å²) >= 11 is 0. The van der Waals surface area contributed by atoms with Crippen LogP contribution in [-0.4, -0.2) is 57.8 Å². The normalized spacial score (nSPS) is 16.2. The smallest absolute Gasteiger partial charge is 0.410 e. The number of pyridine rings is 1. The minimum absolute atomic E-state index is 0.118. The first-order valence-electron chi connectivity index (χ1n) is 10.8. The molecule has 0 radical (unpaired) electrons. The average molecular weight is 438 g/mol. The van der Waals surface area contributed by atoms with Crippen molar-refractivity contribution < 1.29 is 19.0 Å². The van der Waals surface area contributed by atoms with Gasteiger partial charge < -0.3 is 14.7 Å². The first-order chi connectivity index (χ1) is 15.2. The van der Waals surface area contributed by atoms with E-state index in [0.29, 0.717) is 37.3 Å². The summed E-state index contributed by atoms with van der Waals surface area (Å²) in [6, 6.07) is 13.6. The minimum Gasteiger partial charge on any atom is -0.505 e. The molecule has 6 nitrogen and oxygen atoms in total. The summed E-state index contributed by atoms with van der Waals surface area (Å²) in [6.45, 7) is 7.72. The monoisotopic (exact) mass is 437 g/mol. The molecule has 0 aliphatic carbocycles. The van der Waals surface area contributed by atoms with Gasteiger partial charge in [-0.2, -0.15) is 0 Å². The van der Waals surface area contributed by atoms with E-state index in [2.05, 4.69) is 9.88 Å². The summed E-state index contributed by atoms with van der Waals surface area (Å²) in [5, 5.41) is 11.9. The number of carbonyl (C=O) groups is 1. The van der Waals surface area contributed by atoms with E-state index in [-0.39, 0.29) is 23.7 Å². The number of piperazine rings is 1. The number of nitrogens with zero attached hydrogens (tertiary/aromatic N) is 3. The highest BCUT2D eigenvalue weighted by Crippen LogP contribution is 2.38. The summed E-state index contributed by atoms with van der Waals surface area (Å²) < 4.78 is 19.1. The SMILES string of the molecule is CC(C)(C)OC(=O)N1CCN(C(c2ccc(F)cc2)c2ccc3cccnc3c2O)CC1. The van der Waals surface area contributed by atoms with E-state index in [1.807, 2.05) is 45.0 Å². The number of hydrogen-bond donors (Lipinski definition) is 1. The van der Waals surface area contributed by atoms with E-state index in [9.17, 15) is 14.3 Å². The average Bonchev–Trinajstić information content (AvgIpc) is 2.76. The van der Waals surface area contributed by atoms with Gasteiger partial charge in [0.2, 0.25) is 0 Å². The maximum absolute atomic E-state index is 13.6. The van der Waals surface area contributed by atoms with Gasteiger partial charge in [0.25, 0.3) is 0 Å². The molecule has 168 valence electrons. The fraction of sp³-hybridized carbons (Fsp3) is 0.360. The molecule has 1 fully saturated rings. The van der Waals surface area contributed by atoms with Gasteiger partial charge in [-0.15, -0.1) is 0 Å². The molecular weight excluding hydrogens is 409 g/mol. The topological polar surface area (TPSA) is 65.9 Å². The zero-order chi connectivity index (χ0) is 22.9. The number of rotatable bonds is 3. The Morgan fingerprint density at radius 3 is 2.41 bits per heavy atom. The third-order valence-corrected chi connectivity index (χ3v) is 5.59. The highest BCUT2D eigenvalue weighted by molar-refractivity contribution is 5.85. The Morgan fingerprint density at radius 2 is 1.75 bits per heavy atom. The van der Waals surface area contributed by atoms with Gasteiger partial charge in [0.15, 0.2) is 0 Å². The van der Waals surface area contributed by atoms with Crippen molar-refractivity contribution in [1.82, 2.24) is 14.8 Å². The number of aromatic hydroxyl groups is 1. The quantitative estimate of drug-likeness (QED) is 0.642. The molecule has 0 saturated carbocycles. The zero-order valence-corrected chi connectivity index (χ0v) is 18.6. The fourth-order valence-corrected chi connectivity index (χ4v) is 4.09. The lowest BCUT2D eigenvalue weighted by molar-refractivity contribution is 0.0118. The van der Waals surface area contributed by atoms with Crippen LogP contribution in [0.15, 0.2) is 54.7 Å². The van der Waals surface area contributed by atoms with Crippen LogP contribution in [0.2, 0.25) is 0 Å². The lowest BCUT2D eigenvalue weighted by Crippen LogP contribution is -2.51. The van der Waals surface area contributed by atoms with Crippen molar-refractivity contribution in [2.45, 2.75) is 32.4 Å². The lowest BCUT2D eigenvalue weighted by Gasteiger charge is -2.40. The van der Waals surface area contributed by atoms with E-state index < -0.39 is 5.60 Å². The molecule has 1 atom stereocenters. The predicted molar refractivity (Wildman–Crippen MR) is 121 cm³/mol. The van der Waals surface area contributed by atoms with E-state index in [0.717, 1.165) is 10.9 Å². The van der Waals surface area contributed by atoms with Crippen molar-refractivity contribution in [2.24, 2.45) is 0 Å². The molecule has 0 bridgehead atoms. The summed E-state index contributed by atoms with van der Waals surface area (Å²) in [5.41, 5.74) is 1.55. The number of phenolic OH excluding ortho intramolecular Hbond substituents is 1. The van der Waals surface area contributed by atoms with Crippen LogP contribution in [0.4, 0.5) is 9.18 Å². The molecule has 4 rings (SSSR count). The number of amides is 1. The number of carbonyl (C=O) groups excluding carboxylic acids is 1. The molecule has 1 N–H and O–H groups in total. The van der Waals surface area contributed by atoms with Crippen LogP contribution in [0, 0.1) is 5.82 Å². The van der Waals surface area contributed by atoms with Gasteiger partial charge >= 0.3 is 6.09 Å². The van der Waals surface area contributed by atoms with Crippen LogP contribution in [-0.2, 0) is 4.74 Å². The van der Waals surface area contributed by atoms with Gasteiger partial charge in [0.05, 0.1) is 6.04 Å². The predicted octanol–water partition coefficient (Wildman–Crippen LogP) is 4.72. The van der Waals surface area contributed by atoms with E-state index in [1.54, 1.807) is 23.2 Å². The van der Waals surface area contributed by atoms with Crippen molar-refractivity contribution in [2.75, 3.05) is 26.2 Å². The fourth-order valence-electron chi connectivity index (χ4n) is 4.09. The van der Waals surface area contributed by atoms with Crippen LogP contribution in [0.5, 0.6) is 5.75 Å². The van der Waals surface area contributed by atoms with Crippen LogP contribution in [0.25, 0.3) is 10.9 Å². The number of fused-ring (bicyclic) bond motifs is 1. The number of halogens is 1. The first-order valence-corrected chi connectivity index (χ1v) is 10.8. The number of hydrogen-bond acceptors (Lipinski definition) is 5. The molecule has 1 aliphatic rings. The molecule has 1 saturated heterocycles. The Bertz CT molecular complexity index is 1100. The van der Waals surface area contributed by atoms with Crippen molar-refractivity contribution in [3.8, 4) is 5.75 Å². The number of benzene rings is 2. The number of phenols is 1. The summed E-state index contributed by atoms with van der Waals surface area (Å²) in [7, 11) is 0.